The number of anilines is 1. The summed E-state index contributed by atoms with van der Waals surface area (Å²) in [6.07, 6.45) is 3.15. The second kappa shape index (κ2) is 5.19. The molecule has 1 amide bonds. The molecule has 0 radical (unpaired) electrons. The first-order valence-electron chi connectivity index (χ1n) is 5.54. The predicted octanol–water partition coefficient (Wildman–Crippen LogP) is 2.71. The Balaban J connectivity index is 2.22. The highest BCUT2D eigenvalue weighted by Crippen LogP contribution is 2.27. The second-order valence-electron chi connectivity index (χ2n) is 4.07. The van der Waals surface area contributed by atoms with Crippen LogP contribution in [0, 0.1) is 13.8 Å². The summed E-state index contributed by atoms with van der Waals surface area (Å²) >= 11 is 1.05. The average Bonchev–Trinajstić information content (AvgIpc) is 2.70. The van der Waals surface area contributed by atoms with E-state index in [0.717, 1.165) is 16.9 Å². The van der Waals surface area contributed by atoms with Crippen molar-refractivity contribution in [3.05, 3.63) is 46.1 Å². The molecule has 0 fully saturated rings. The van der Waals surface area contributed by atoms with E-state index in [-0.39, 0.29) is 10.8 Å². The van der Waals surface area contributed by atoms with Crippen LogP contribution in [0.1, 0.15) is 31.2 Å². The first kappa shape index (κ1) is 13.2. The Labute approximate surface area is 113 Å². The number of carbonyl (C=O) groups is 2. The number of rotatable bonds is 3. The summed E-state index contributed by atoms with van der Waals surface area (Å²) in [5, 5.41) is 12.2. The molecule has 2 rings (SSSR count). The van der Waals surface area contributed by atoms with Gasteiger partial charge in [0.05, 0.1) is 5.00 Å². The van der Waals surface area contributed by atoms with Gasteiger partial charge in [0.15, 0.2) is 0 Å². The van der Waals surface area contributed by atoms with Crippen molar-refractivity contribution in [2.24, 2.45) is 0 Å². The first-order valence-corrected chi connectivity index (χ1v) is 6.36. The maximum Gasteiger partial charge on any atom is 0.346 e. The highest BCUT2D eigenvalue weighted by Gasteiger charge is 2.15. The van der Waals surface area contributed by atoms with E-state index in [0.29, 0.717) is 16.1 Å². The Morgan fingerprint density at radius 2 is 2.05 bits per heavy atom. The molecule has 2 heterocycles. The summed E-state index contributed by atoms with van der Waals surface area (Å²) in [6, 6.07) is 3.28. The van der Waals surface area contributed by atoms with Gasteiger partial charge in [-0.25, -0.2) is 4.79 Å². The van der Waals surface area contributed by atoms with Crippen molar-refractivity contribution in [2.45, 2.75) is 13.8 Å². The SMILES string of the molecule is Cc1cnccc1C(=O)Nc1cc(C)c(C(=O)O)s1. The van der Waals surface area contributed by atoms with Crippen molar-refractivity contribution in [3.63, 3.8) is 0 Å². The summed E-state index contributed by atoms with van der Waals surface area (Å²) < 4.78 is 0. The van der Waals surface area contributed by atoms with Crippen LogP contribution < -0.4 is 5.32 Å². The standard InChI is InChI=1S/C13H12N2O3S/c1-7-5-10(19-11(7)13(17)18)15-12(16)9-3-4-14-6-8(9)2/h3-6H,1-2H3,(H,15,16)(H,17,18). The Morgan fingerprint density at radius 1 is 1.32 bits per heavy atom. The van der Waals surface area contributed by atoms with Gasteiger partial charge in [0.25, 0.3) is 5.91 Å². The van der Waals surface area contributed by atoms with Gasteiger partial charge in [0.2, 0.25) is 0 Å². The second-order valence-corrected chi connectivity index (χ2v) is 5.12. The van der Waals surface area contributed by atoms with E-state index in [9.17, 15) is 9.59 Å². The van der Waals surface area contributed by atoms with Crippen molar-refractivity contribution in [2.75, 3.05) is 5.32 Å². The molecular weight excluding hydrogens is 264 g/mol. The van der Waals surface area contributed by atoms with Crippen molar-refractivity contribution in [1.29, 1.82) is 0 Å². The molecule has 19 heavy (non-hydrogen) atoms. The van der Waals surface area contributed by atoms with Crippen LogP contribution in [-0.4, -0.2) is 22.0 Å². The molecule has 0 saturated carbocycles. The molecule has 0 unspecified atom stereocenters. The van der Waals surface area contributed by atoms with Crippen LogP contribution in [0.3, 0.4) is 0 Å². The number of hydrogen-bond donors (Lipinski definition) is 2. The lowest BCUT2D eigenvalue weighted by atomic mass is 10.1. The Morgan fingerprint density at radius 3 is 2.63 bits per heavy atom. The first-order chi connectivity index (χ1) is 8.99. The van der Waals surface area contributed by atoms with Crippen LogP contribution in [-0.2, 0) is 0 Å². The van der Waals surface area contributed by atoms with Crippen molar-refractivity contribution < 1.29 is 14.7 Å². The number of amides is 1. The molecule has 98 valence electrons. The minimum atomic E-state index is -0.983. The van der Waals surface area contributed by atoms with Gasteiger partial charge in [0.1, 0.15) is 4.88 Å². The number of carboxylic acid groups (broad SMARTS) is 1. The minimum Gasteiger partial charge on any atom is -0.477 e. The van der Waals surface area contributed by atoms with Crippen molar-refractivity contribution in [3.8, 4) is 0 Å². The molecule has 0 aliphatic rings. The lowest BCUT2D eigenvalue weighted by molar-refractivity contribution is 0.0701. The molecule has 0 spiro atoms. The maximum absolute atomic E-state index is 12.0. The molecule has 5 nitrogen and oxygen atoms in total. The number of pyridine rings is 1. The summed E-state index contributed by atoms with van der Waals surface area (Å²) in [7, 11) is 0. The van der Waals surface area contributed by atoms with Crippen LogP contribution in [0.4, 0.5) is 5.00 Å². The van der Waals surface area contributed by atoms with E-state index in [1.807, 2.05) is 0 Å². The van der Waals surface area contributed by atoms with E-state index in [1.165, 1.54) is 0 Å². The number of nitrogens with zero attached hydrogens (tertiary/aromatic N) is 1. The van der Waals surface area contributed by atoms with Crippen LogP contribution >= 0.6 is 11.3 Å². The average molecular weight is 276 g/mol. The number of hydrogen-bond acceptors (Lipinski definition) is 4. The fraction of sp³-hybridized carbons (Fsp3) is 0.154. The fourth-order valence-corrected chi connectivity index (χ4v) is 2.57. The third-order valence-corrected chi connectivity index (χ3v) is 3.75. The zero-order chi connectivity index (χ0) is 14.0. The molecule has 0 aliphatic carbocycles. The Kier molecular flexibility index (Phi) is 3.62. The van der Waals surface area contributed by atoms with Crippen LogP contribution in [0.5, 0.6) is 0 Å². The van der Waals surface area contributed by atoms with E-state index in [1.54, 1.807) is 38.4 Å². The summed E-state index contributed by atoms with van der Waals surface area (Å²) in [5.74, 6) is -1.25. The van der Waals surface area contributed by atoms with Gasteiger partial charge < -0.3 is 10.4 Å². The molecule has 6 heteroatoms. The van der Waals surface area contributed by atoms with Gasteiger partial charge in [-0.05, 0) is 37.1 Å². The summed E-state index contributed by atoms with van der Waals surface area (Å²) in [4.78, 5) is 27.1. The highest BCUT2D eigenvalue weighted by molar-refractivity contribution is 7.18. The summed E-state index contributed by atoms with van der Waals surface area (Å²) in [5.41, 5.74) is 1.93. The quantitative estimate of drug-likeness (QED) is 0.903. The van der Waals surface area contributed by atoms with Gasteiger partial charge in [-0.15, -0.1) is 11.3 Å². The zero-order valence-electron chi connectivity index (χ0n) is 10.4. The number of thiophene rings is 1. The number of aromatic nitrogens is 1. The fourth-order valence-electron chi connectivity index (χ4n) is 1.66. The smallest absolute Gasteiger partial charge is 0.346 e. The molecule has 2 aromatic rings. The Hall–Kier alpha value is -2.21. The number of carboxylic acids is 1. The zero-order valence-corrected chi connectivity index (χ0v) is 11.2. The van der Waals surface area contributed by atoms with Gasteiger partial charge >= 0.3 is 5.97 Å². The van der Waals surface area contributed by atoms with E-state index in [4.69, 9.17) is 5.11 Å². The van der Waals surface area contributed by atoms with Crippen LogP contribution in [0.15, 0.2) is 24.5 Å². The van der Waals surface area contributed by atoms with E-state index < -0.39 is 5.97 Å². The van der Waals surface area contributed by atoms with Crippen molar-refractivity contribution >= 4 is 28.2 Å². The molecule has 0 saturated heterocycles. The van der Waals surface area contributed by atoms with Crippen molar-refractivity contribution in [1.82, 2.24) is 4.98 Å². The largest absolute Gasteiger partial charge is 0.477 e. The molecule has 2 N–H and O–H groups in total. The summed E-state index contributed by atoms with van der Waals surface area (Å²) in [6.45, 7) is 3.50. The number of aryl methyl sites for hydroxylation is 2. The molecule has 2 aromatic heterocycles. The van der Waals surface area contributed by atoms with Gasteiger partial charge in [0, 0.05) is 18.0 Å². The highest BCUT2D eigenvalue weighted by atomic mass is 32.1. The normalized spacial score (nSPS) is 10.2. The van der Waals surface area contributed by atoms with Crippen LogP contribution in [0.2, 0.25) is 0 Å². The molecule has 0 atom stereocenters. The Bertz CT molecular complexity index is 649. The molecule has 0 aliphatic heterocycles. The van der Waals surface area contributed by atoms with Gasteiger partial charge in [-0.3, -0.25) is 9.78 Å². The third-order valence-electron chi connectivity index (χ3n) is 2.61. The molecule has 0 aromatic carbocycles. The lowest BCUT2D eigenvalue weighted by Gasteiger charge is -2.04. The number of nitrogens with one attached hydrogen (secondary N) is 1. The predicted molar refractivity (Wildman–Crippen MR) is 72.9 cm³/mol. The topological polar surface area (TPSA) is 79.3 Å². The van der Waals surface area contributed by atoms with E-state index >= 15 is 0 Å². The minimum absolute atomic E-state index is 0.238. The number of carbonyl (C=O) groups excluding carboxylic acids is 1. The van der Waals surface area contributed by atoms with E-state index in [2.05, 4.69) is 10.3 Å². The number of aromatic carboxylic acids is 1. The van der Waals surface area contributed by atoms with Crippen LogP contribution in [0.25, 0.3) is 0 Å². The monoisotopic (exact) mass is 276 g/mol. The third kappa shape index (κ3) is 2.79. The van der Waals surface area contributed by atoms with Gasteiger partial charge in [-0.2, -0.15) is 0 Å². The maximum atomic E-state index is 12.0. The molecular formula is C13H12N2O3S. The lowest BCUT2D eigenvalue weighted by Crippen LogP contribution is -2.12. The van der Waals surface area contributed by atoms with Gasteiger partial charge in [-0.1, -0.05) is 0 Å². The molecule has 0 bridgehead atoms.